The highest BCUT2D eigenvalue weighted by Gasteiger charge is 2.30. The second-order valence-corrected chi connectivity index (χ2v) is 5.96. The molecule has 1 rings (SSSR count). The topological polar surface area (TPSA) is 86.7 Å². The van der Waals surface area contributed by atoms with Crippen LogP contribution in [0.1, 0.15) is 40.0 Å². The van der Waals surface area contributed by atoms with Gasteiger partial charge in [0.15, 0.2) is 0 Å². The van der Waals surface area contributed by atoms with Gasteiger partial charge in [0.1, 0.15) is 6.04 Å². The largest absolute Gasteiger partial charge is 0.480 e. The lowest BCUT2D eigenvalue weighted by atomic mass is 9.94. The molecule has 1 heterocycles. The number of aliphatic carboxylic acids is 1. The fourth-order valence-electron chi connectivity index (χ4n) is 2.51. The van der Waals surface area contributed by atoms with Gasteiger partial charge in [0, 0.05) is 24.9 Å². The summed E-state index contributed by atoms with van der Waals surface area (Å²) in [6, 6.07) is -0.890. The molecule has 124 valence electrons. The van der Waals surface area contributed by atoms with E-state index in [0.717, 1.165) is 0 Å². The Morgan fingerprint density at radius 1 is 1.27 bits per heavy atom. The van der Waals surface area contributed by atoms with Crippen LogP contribution >= 0.6 is 0 Å². The standard InChI is InChI=1S/C16H26N2O4/c1-4-5-6-13(16(21)22)17-14(19)12-7-9-18(10-8-12)15(20)11(2)3/h4-5,11-13H,6-10H2,1-3H3,(H,17,19)(H,21,22)/b5-4+. The summed E-state index contributed by atoms with van der Waals surface area (Å²) in [6.45, 7) is 6.64. The van der Waals surface area contributed by atoms with E-state index in [9.17, 15) is 14.4 Å². The smallest absolute Gasteiger partial charge is 0.326 e. The van der Waals surface area contributed by atoms with E-state index in [0.29, 0.717) is 25.9 Å². The fraction of sp³-hybridized carbons (Fsp3) is 0.688. The molecule has 6 nitrogen and oxygen atoms in total. The van der Waals surface area contributed by atoms with Crippen LogP contribution in [0.25, 0.3) is 0 Å². The molecule has 1 aliphatic heterocycles. The number of carbonyl (C=O) groups is 3. The number of rotatable bonds is 6. The third kappa shape index (κ3) is 5.16. The van der Waals surface area contributed by atoms with Crippen molar-refractivity contribution in [2.45, 2.75) is 46.1 Å². The Hall–Kier alpha value is -1.85. The first-order valence-corrected chi connectivity index (χ1v) is 7.80. The number of hydrogen-bond donors (Lipinski definition) is 2. The minimum atomic E-state index is -1.03. The number of allylic oxidation sites excluding steroid dienone is 1. The van der Waals surface area contributed by atoms with Crippen LogP contribution in [0, 0.1) is 11.8 Å². The van der Waals surface area contributed by atoms with Gasteiger partial charge in [-0.15, -0.1) is 0 Å². The maximum atomic E-state index is 12.2. The summed E-state index contributed by atoms with van der Waals surface area (Å²) in [4.78, 5) is 37.0. The number of carbonyl (C=O) groups excluding carboxylic acids is 2. The van der Waals surface area contributed by atoms with E-state index in [2.05, 4.69) is 5.32 Å². The van der Waals surface area contributed by atoms with Crippen molar-refractivity contribution < 1.29 is 19.5 Å². The molecule has 0 aromatic rings. The summed E-state index contributed by atoms with van der Waals surface area (Å²) in [5, 5.41) is 11.7. The molecule has 0 bridgehead atoms. The monoisotopic (exact) mass is 310 g/mol. The van der Waals surface area contributed by atoms with Crippen molar-refractivity contribution in [2.24, 2.45) is 11.8 Å². The number of piperidine rings is 1. The van der Waals surface area contributed by atoms with Crippen LogP contribution in [-0.2, 0) is 14.4 Å². The Morgan fingerprint density at radius 3 is 2.32 bits per heavy atom. The van der Waals surface area contributed by atoms with Gasteiger partial charge in [-0.3, -0.25) is 9.59 Å². The number of amides is 2. The summed E-state index contributed by atoms with van der Waals surface area (Å²) in [6.07, 6.45) is 4.93. The van der Waals surface area contributed by atoms with E-state index in [1.54, 1.807) is 17.1 Å². The second-order valence-electron chi connectivity index (χ2n) is 5.96. The normalized spacial score (nSPS) is 17.7. The van der Waals surface area contributed by atoms with E-state index >= 15 is 0 Å². The minimum absolute atomic E-state index is 0.0393. The van der Waals surface area contributed by atoms with Crippen molar-refractivity contribution in [3.8, 4) is 0 Å². The lowest BCUT2D eigenvalue weighted by Crippen LogP contribution is -2.48. The highest BCUT2D eigenvalue weighted by atomic mass is 16.4. The number of nitrogens with one attached hydrogen (secondary N) is 1. The molecule has 1 saturated heterocycles. The fourth-order valence-corrected chi connectivity index (χ4v) is 2.51. The Balaban J connectivity index is 2.51. The third-order valence-corrected chi connectivity index (χ3v) is 3.89. The van der Waals surface area contributed by atoms with Crippen molar-refractivity contribution >= 4 is 17.8 Å². The molecule has 0 radical (unpaired) electrons. The van der Waals surface area contributed by atoms with Crippen LogP contribution in [-0.4, -0.2) is 46.9 Å². The summed E-state index contributed by atoms with van der Waals surface area (Å²) in [7, 11) is 0. The molecule has 0 aromatic heterocycles. The molecule has 1 fully saturated rings. The summed E-state index contributed by atoms with van der Waals surface area (Å²) < 4.78 is 0. The quantitative estimate of drug-likeness (QED) is 0.726. The Bertz CT molecular complexity index is 437. The van der Waals surface area contributed by atoms with Gasteiger partial charge in [-0.05, 0) is 26.2 Å². The van der Waals surface area contributed by atoms with E-state index in [4.69, 9.17) is 5.11 Å². The van der Waals surface area contributed by atoms with Gasteiger partial charge in [0.25, 0.3) is 0 Å². The molecule has 1 aliphatic rings. The van der Waals surface area contributed by atoms with Crippen LogP contribution in [0.15, 0.2) is 12.2 Å². The summed E-state index contributed by atoms with van der Waals surface area (Å²) >= 11 is 0. The zero-order valence-corrected chi connectivity index (χ0v) is 13.5. The first kappa shape index (κ1) is 18.2. The van der Waals surface area contributed by atoms with Gasteiger partial charge >= 0.3 is 5.97 Å². The molecule has 0 spiro atoms. The molecule has 0 saturated carbocycles. The molecular weight excluding hydrogens is 284 g/mol. The zero-order valence-electron chi connectivity index (χ0n) is 13.5. The van der Waals surface area contributed by atoms with Crippen molar-refractivity contribution in [1.29, 1.82) is 0 Å². The van der Waals surface area contributed by atoms with E-state index in [1.807, 2.05) is 20.8 Å². The summed E-state index contributed by atoms with van der Waals surface area (Å²) in [5.41, 5.74) is 0. The van der Waals surface area contributed by atoms with E-state index in [1.165, 1.54) is 0 Å². The van der Waals surface area contributed by atoms with E-state index < -0.39 is 12.0 Å². The van der Waals surface area contributed by atoms with Crippen LogP contribution in [0.3, 0.4) is 0 Å². The van der Waals surface area contributed by atoms with Gasteiger partial charge in [-0.2, -0.15) is 0 Å². The Kier molecular flexibility index (Phi) is 7.08. The number of nitrogens with zero attached hydrogens (tertiary/aromatic N) is 1. The zero-order chi connectivity index (χ0) is 16.7. The molecule has 0 aliphatic carbocycles. The van der Waals surface area contributed by atoms with E-state index in [-0.39, 0.29) is 30.1 Å². The lowest BCUT2D eigenvalue weighted by molar-refractivity contribution is -0.143. The first-order valence-electron chi connectivity index (χ1n) is 7.80. The molecule has 2 amide bonds. The van der Waals surface area contributed by atoms with Gasteiger partial charge in [0.05, 0.1) is 0 Å². The number of likely N-dealkylation sites (tertiary alicyclic amines) is 1. The van der Waals surface area contributed by atoms with Gasteiger partial charge in [-0.1, -0.05) is 26.0 Å². The molecule has 2 N–H and O–H groups in total. The molecule has 1 unspecified atom stereocenters. The van der Waals surface area contributed by atoms with Crippen LogP contribution in [0.5, 0.6) is 0 Å². The lowest BCUT2D eigenvalue weighted by Gasteiger charge is -2.32. The van der Waals surface area contributed by atoms with Crippen molar-refractivity contribution in [2.75, 3.05) is 13.1 Å². The van der Waals surface area contributed by atoms with Crippen molar-refractivity contribution in [3.63, 3.8) is 0 Å². The number of hydrogen-bond acceptors (Lipinski definition) is 3. The van der Waals surface area contributed by atoms with Crippen molar-refractivity contribution in [3.05, 3.63) is 12.2 Å². The predicted molar refractivity (Wildman–Crippen MR) is 83.1 cm³/mol. The van der Waals surface area contributed by atoms with Crippen LogP contribution < -0.4 is 5.32 Å². The van der Waals surface area contributed by atoms with Crippen LogP contribution in [0.4, 0.5) is 0 Å². The summed E-state index contributed by atoms with van der Waals surface area (Å²) in [5.74, 6) is -1.41. The predicted octanol–water partition coefficient (Wildman–Crippen LogP) is 1.42. The molecule has 0 aromatic carbocycles. The average Bonchev–Trinajstić information content (AvgIpc) is 2.50. The van der Waals surface area contributed by atoms with Crippen molar-refractivity contribution in [1.82, 2.24) is 10.2 Å². The SMILES string of the molecule is C/C=C/CC(NC(=O)C1CCN(C(=O)C(C)C)CC1)C(=O)O. The third-order valence-electron chi connectivity index (χ3n) is 3.89. The van der Waals surface area contributed by atoms with Gasteiger partial charge < -0.3 is 15.3 Å². The van der Waals surface area contributed by atoms with Gasteiger partial charge in [-0.25, -0.2) is 4.79 Å². The second kappa shape index (κ2) is 8.56. The average molecular weight is 310 g/mol. The molecule has 22 heavy (non-hydrogen) atoms. The highest BCUT2D eigenvalue weighted by molar-refractivity contribution is 5.85. The molecule has 6 heteroatoms. The molecule has 1 atom stereocenters. The number of carboxylic acid groups (broad SMARTS) is 1. The molecular formula is C16H26N2O4. The first-order chi connectivity index (χ1) is 10.4. The Labute approximate surface area is 131 Å². The van der Waals surface area contributed by atoms with Crippen LogP contribution in [0.2, 0.25) is 0 Å². The minimum Gasteiger partial charge on any atom is -0.480 e. The highest BCUT2D eigenvalue weighted by Crippen LogP contribution is 2.19. The maximum absolute atomic E-state index is 12.2. The maximum Gasteiger partial charge on any atom is 0.326 e. The Morgan fingerprint density at radius 2 is 1.86 bits per heavy atom. The number of carboxylic acids is 1. The van der Waals surface area contributed by atoms with Gasteiger partial charge in [0.2, 0.25) is 11.8 Å².